The quantitative estimate of drug-likeness (QED) is 0.314. The highest BCUT2D eigenvalue weighted by Crippen LogP contribution is 2.47. The minimum absolute atomic E-state index is 0.149. The fourth-order valence-electron chi connectivity index (χ4n) is 1.39. The zero-order valence-corrected chi connectivity index (χ0v) is 15.2. The highest BCUT2D eigenvalue weighted by Gasteiger charge is 2.28. The van der Waals surface area contributed by atoms with Gasteiger partial charge in [0.05, 0.1) is 26.5 Å². The number of carbonyl (C=O) groups excluding carboxylic acids is 2. The van der Waals surface area contributed by atoms with Crippen molar-refractivity contribution in [3.8, 4) is 0 Å². The van der Waals surface area contributed by atoms with Crippen molar-refractivity contribution in [3.05, 3.63) is 0 Å². The number of ether oxygens (including phenoxy) is 2. The minimum atomic E-state index is -3.49. The van der Waals surface area contributed by atoms with Crippen molar-refractivity contribution in [2.75, 3.05) is 52.1 Å². The van der Waals surface area contributed by atoms with Crippen LogP contribution in [0.3, 0.4) is 0 Å². The molecule has 0 saturated carbocycles. The molecular formula is C12H24O8P2. The average molecular weight is 358 g/mol. The monoisotopic (exact) mass is 358 g/mol. The Kier molecular flexibility index (Phi) is 9.85. The summed E-state index contributed by atoms with van der Waals surface area (Å²) < 4.78 is 42.9. The van der Waals surface area contributed by atoms with Gasteiger partial charge in [-0.1, -0.05) is 0 Å². The standard InChI is InChI=1S/C12H24O8P2/c1-5-19-22(16,20-6-2)10-12(14)18-8-7-17-11(13)9-21(3,4)15/h5-10H2,1-4H3. The summed E-state index contributed by atoms with van der Waals surface area (Å²) in [5.41, 5.74) is 0. The molecule has 0 aliphatic carbocycles. The molecule has 0 unspecified atom stereocenters. The summed E-state index contributed by atoms with van der Waals surface area (Å²) >= 11 is 0. The molecule has 0 spiro atoms. The largest absolute Gasteiger partial charge is 0.462 e. The second-order valence-electron chi connectivity index (χ2n) is 4.78. The van der Waals surface area contributed by atoms with Crippen molar-refractivity contribution >= 4 is 26.7 Å². The van der Waals surface area contributed by atoms with Crippen molar-refractivity contribution in [1.29, 1.82) is 0 Å². The van der Waals surface area contributed by atoms with E-state index < -0.39 is 32.8 Å². The van der Waals surface area contributed by atoms with Crippen molar-refractivity contribution in [1.82, 2.24) is 0 Å². The Morgan fingerprint density at radius 3 is 1.59 bits per heavy atom. The van der Waals surface area contributed by atoms with Crippen LogP contribution in [0, 0.1) is 0 Å². The molecule has 0 aromatic rings. The molecule has 0 aromatic heterocycles. The first-order valence-electron chi connectivity index (χ1n) is 6.85. The SMILES string of the molecule is CCOP(=O)(CC(=O)OCCOC(=O)CP(C)(C)=O)OCC. The van der Waals surface area contributed by atoms with E-state index in [0.29, 0.717) is 0 Å². The van der Waals surface area contributed by atoms with Crippen LogP contribution < -0.4 is 0 Å². The fraction of sp³-hybridized carbons (Fsp3) is 0.833. The van der Waals surface area contributed by atoms with Crippen LogP contribution >= 0.6 is 14.7 Å². The molecule has 0 aromatic carbocycles. The number of hydrogen-bond acceptors (Lipinski definition) is 8. The molecule has 0 amide bonds. The van der Waals surface area contributed by atoms with Crippen LogP contribution in [0.5, 0.6) is 0 Å². The van der Waals surface area contributed by atoms with E-state index >= 15 is 0 Å². The highest BCUT2D eigenvalue weighted by molar-refractivity contribution is 7.63. The Balaban J connectivity index is 4.06. The van der Waals surface area contributed by atoms with Crippen LogP contribution in [-0.2, 0) is 37.2 Å². The molecule has 130 valence electrons. The molecule has 0 radical (unpaired) electrons. The number of carbonyl (C=O) groups is 2. The molecular weight excluding hydrogens is 334 g/mol. The van der Waals surface area contributed by atoms with Crippen LogP contribution in [0.1, 0.15) is 13.8 Å². The first-order chi connectivity index (χ1) is 10.1. The van der Waals surface area contributed by atoms with E-state index in [1.807, 2.05) is 0 Å². The van der Waals surface area contributed by atoms with E-state index in [1.165, 1.54) is 13.3 Å². The van der Waals surface area contributed by atoms with Gasteiger partial charge in [-0.15, -0.1) is 0 Å². The van der Waals surface area contributed by atoms with Crippen LogP contribution in [0.15, 0.2) is 0 Å². The summed E-state index contributed by atoms with van der Waals surface area (Å²) in [6.07, 6.45) is -0.660. The van der Waals surface area contributed by atoms with Crippen molar-refractivity contribution in [2.24, 2.45) is 0 Å². The molecule has 0 N–H and O–H groups in total. The fourth-order valence-corrected chi connectivity index (χ4v) is 3.56. The summed E-state index contributed by atoms with van der Waals surface area (Å²) in [7, 11) is -5.98. The lowest BCUT2D eigenvalue weighted by Gasteiger charge is -2.16. The number of esters is 2. The first-order valence-corrected chi connectivity index (χ1v) is 11.4. The smallest absolute Gasteiger partial charge is 0.341 e. The molecule has 8 nitrogen and oxygen atoms in total. The van der Waals surface area contributed by atoms with Gasteiger partial charge in [-0.3, -0.25) is 14.2 Å². The predicted octanol–water partition coefficient (Wildman–Crippen LogP) is 1.96. The molecule has 0 saturated heterocycles. The van der Waals surface area contributed by atoms with Crippen molar-refractivity contribution < 1.29 is 37.2 Å². The third-order valence-corrected chi connectivity index (χ3v) is 5.06. The summed E-state index contributed by atoms with van der Waals surface area (Å²) in [6, 6.07) is 0. The van der Waals surface area contributed by atoms with Crippen LogP contribution in [-0.4, -0.2) is 64.0 Å². The third kappa shape index (κ3) is 11.0. The highest BCUT2D eigenvalue weighted by atomic mass is 31.2. The Morgan fingerprint density at radius 2 is 1.23 bits per heavy atom. The summed E-state index contributed by atoms with van der Waals surface area (Å²) in [6.45, 7) is 6.19. The zero-order valence-electron chi connectivity index (χ0n) is 13.4. The molecule has 0 rings (SSSR count). The molecule has 0 atom stereocenters. The topological polar surface area (TPSA) is 105 Å². The molecule has 0 aliphatic heterocycles. The van der Waals surface area contributed by atoms with Crippen molar-refractivity contribution in [2.45, 2.75) is 13.8 Å². The van der Waals surface area contributed by atoms with Gasteiger partial charge in [0.15, 0.2) is 0 Å². The number of rotatable bonds is 11. The van der Waals surface area contributed by atoms with E-state index in [2.05, 4.69) is 0 Å². The molecule has 0 aliphatic rings. The lowest BCUT2D eigenvalue weighted by atomic mass is 10.7. The van der Waals surface area contributed by atoms with Gasteiger partial charge in [-0.05, 0) is 27.2 Å². The second-order valence-corrected chi connectivity index (χ2v) is 10.3. The molecule has 0 heterocycles. The summed E-state index contributed by atoms with van der Waals surface area (Å²) in [4.78, 5) is 22.8. The molecule has 0 fully saturated rings. The maximum absolute atomic E-state index is 12.1. The van der Waals surface area contributed by atoms with Gasteiger partial charge in [-0.2, -0.15) is 0 Å². The summed E-state index contributed by atoms with van der Waals surface area (Å²) in [5.74, 6) is -1.38. The van der Waals surface area contributed by atoms with Gasteiger partial charge in [0.1, 0.15) is 19.4 Å². The lowest BCUT2D eigenvalue weighted by molar-refractivity contribution is -0.149. The van der Waals surface area contributed by atoms with Gasteiger partial charge in [-0.25, -0.2) is 0 Å². The molecule has 22 heavy (non-hydrogen) atoms. The van der Waals surface area contributed by atoms with E-state index in [1.54, 1.807) is 13.8 Å². The molecule has 0 bridgehead atoms. The maximum atomic E-state index is 12.1. The van der Waals surface area contributed by atoms with Crippen molar-refractivity contribution in [3.63, 3.8) is 0 Å². The third-order valence-electron chi connectivity index (χ3n) is 2.09. The average Bonchev–Trinajstić information content (AvgIpc) is 2.32. The normalized spacial score (nSPS) is 12.0. The van der Waals surface area contributed by atoms with Gasteiger partial charge in [0, 0.05) is 0 Å². The van der Waals surface area contributed by atoms with Gasteiger partial charge in [0.2, 0.25) is 0 Å². The Hall–Kier alpha value is -0.680. The predicted molar refractivity (Wildman–Crippen MR) is 82.0 cm³/mol. The van der Waals surface area contributed by atoms with E-state index in [0.717, 1.165) is 0 Å². The number of hydrogen-bond donors (Lipinski definition) is 0. The first kappa shape index (κ1) is 21.3. The van der Waals surface area contributed by atoms with Crippen LogP contribution in [0.4, 0.5) is 0 Å². The Bertz CT molecular complexity index is 446. The van der Waals surface area contributed by atoms with Gasteiger partial charge in [0.25, 0.3) is 0 Å². The lowest BCUT2D eigenvalue weighted by Crippen LogP contribution is -2.18. The minimum Gasteiger partial charge on any atom is -0.462 e. The van der Waals surface area contributed by atoms with Gasteiger partial charge < -0.3 is 23.1 Å². The second kappa shape index (κ2) is 10.2. The zero-order chi connectivity index (χ0) is 17.2. The van der Waals surface area contributed by atoms with E-state index in [4.69, 9.17) is 18.5 Å². The Morgan fingerprint density at radius 1 is 0.818 bits per heavy atom. The van der Waals surface area contributed by atoms with Crippen LogP contribution in [0.25, 0.3) is 0 Å². The molecule has 10 heteroatoms. The summed E-state index contributed by atoms with van der Waals surface area (Å²) in [5, 5.41) is 0. The van der Waals surface area contributed by atoms with E-state index in [9.17, 15) is 18.7 Å². The Labute approximate surface area is 130 Å². The van der Waals surface area contributed by atoms with Crippen LogP contribution in [0.2, 0.25) is 0 Å². The van der Waals surface area contributed by atoms with Gasteiger partial charge >= 0.3 is 19.5 Å². The van der Waals surface area contributed by atoms with E-state index in [-0.39, 0.29) is 32.6 Å². The maximum Gasteiger partial charge on any atom is 0.341 e.